The van der Waals surface area contributed by atoms with E-state index in [9.17, 15) is 0 Å². The molecular formula is C8H5BrClN3. The smallest absolute Gasteiger partial charge is 0.153 e. The van der Waals surface area contributed by atoms with Gasteiger partial charge in [0.15, 0.2) is 5.15 Å². The third-order valence-corrected chi connectivity index (χ3v) is 2.52. The first-order valence-electron chi connectivity index (χ1n) is 3.60. The summed E-state index contributed by atoms with van der Waals surface area (Å²) in [6, 6.07) is 7.68. The molecule has 1 heterocycles. The van der Waals surface area contributed by atoms with E-state index in [0.717, 1.165) is 10.2 Å². The van der Waals surface area contributed by atoms with Gasteiger partial charge in [0, 0.05) is 4.47 Å². The van der Waals surface area contributed by atoms with E-state index in [4.69, 9.17) is 11.6 Å². The van der Waals surface area contributed by atoms with Crippen LogP contribution in [0.15, 0.2) is 34.9 Å². The molecule has 0 aliphatic carbocycles. The fraction of sp³-hybridized carbons (Fsp3) is 0. The Morgan fingerprint density at radius 1 is 1.31 bits per heavy atom. The van der Waals surface area contributed by atoms with Crippen LogP contribution >= 0.6 is 27.5 Å². The van der Waals surface area contributed by atoms with E-state index in [-0.39, 0.29) is 0 Å². The van der Waals surface area contributed by atoms with Crippen molar-refractivity contribution < 1.29 is 0 Å². The van der Waals surface area contributed by atoms with E-state index in [1.165, 1.54) is 6.20 Å². The van der Waals surface area contributed by atoms with Gasteiger partial charge in [-0.25, -0.2) is 4.68 Å². The van der Waals surface area contributed by atoms with Crippen molar-refractivity contribution in [1.82, 2.24) is 15.0 Å². The Balaban J connectivity index is 2.59. The van der Waals surface area contributed by atoms with E-state index in [1.807, 2.05) is 24.3 Å². The minimum Gasteiger partial charge on any atom is -0.201 e. The van der Waals surface area contributed by atoms with Crippen LogP contribution in [-0.2, 0) is 0 Å². The number of halogens is 2. The van der Waals surface area contributed by atoms with Crippen LogP contribution in [0.25, 0.3) is 5.69 Å². The Morgan fingerprint density at radius 3 is 2.69 bits per heavy atom. The molecule has 0 aliphatic heterocycles. The van der Waals surface area contributed by atoms with Crippen LogP contribution in [0.5, 0.6) is 0 Å². The van der Waals surface area contributed by atoms with Crippen molar-refractivity contribution in [3.63, 3.8) is 0 Å². The van der Waals surface area contributed by atoms with Gasteiger partial charge in [0.25, 0.3) is 0 Å². The molecule has 66 valence electrons. The first-order valence-corrected chi connectivity index (χ1v) is 4.77. The molecule has 5 heteroatoms. The Bertz CT molecular complexity index is 427. The maximum absolute atomic E-state index is 5.86. The summed E-state index contributed by atoms with van der Waals surface area (Å²) in [5, 5.41) is 8.04. The molecule has 0 amide bonds. The average molecular weight is 259 g/mol. The molecule has 0 fully saturated rings. The normalized spacial score (nSPS) is 10.3. The van der Waals surface area contributed by atoms with Crippen LogP contribution in [0.3, 0.4) is 0 Å². The van der Waals surface area contributed by atoms with Crippen molar-refractivity contribution in [2.45, 2.75) is 0 Å². The lowest BCUT2D eigenvalue weighted by atomic mass is 10.3. The van der Waals surface area contributed by atoms with Gasteiger partial charge in [0.2, 0.25) is 0 Å². The summed E-state index contributed by atoms with van der Waals surface area (Å²) in [6.07, 6.45) is 1.50. The van der Waals surface area contributed by atoms with Gasteiger partial charge in [-0.1, -0.05) is 28.9 Å². The van der Waals surface area contributed by atoms with Crippen molar-refractivity contribution in [2.24, 2.45) is 0 Å². The maximum atomic E-state index is 5.86. The zero-order valence-corrected chi connectivity index (χ0v) is 8.83. The fourth-order valence-corrected chi connectivity index (χ4v) is 1.63. The molecule has 2 rings (SSSR count). The lowest BCUT2D eigenvalue weighted by Crippen LogP contribution is -1.97. The first kappa shape index (κ1) is 8.72. The highest BCUT2D eigenvalue weighted by Gasteiger charge is 2.05. The summed E-state index contributed by atoms with van der Waals surface area (Å²) < 4.78 is 2.49. The average Bonchev–Trinajstić information content (AvgIpc) is 2.52. The zero-order valence-electron chi connectivity index (χ0n) is 6.48. The highest BCUT2D eigenvalue weighted by molar-refractivity contribution is 9.10. The van der Waals surface area contributed by atoms with Gasteiger partial charge in [-0.15, -0.1) is 5.10 Å². The Hall–Kier alpha value is -0.870. The van der Waals surface area contributed by atoms with Crippen molar-refractivity contribution in [2.75, 3.05) is 0 Å². The number of rotatable bonds is 1. The van der Waals surface area contributed by atoms with E-state index >= 15 is 0 Å². The molecule has 1 aromatic heterocycles. The van der Waals surface area contributed by atoms with Gasteiger partial charge in [0.05, 0.1) is 11.9 Å². The number of hydrogen-bond donors (Lipinski definition) is 0. The second-order valence-corrected chi connectivity index (χ2v) is 3.66. The number of benzene rings is 1. The quantitative estimate of drug-likeness (QED) is 0.787. The standard InChI is InChI=1S/C8H5BrClN3/c9-6-3-1-2-4-7(6)13-8(10)5-11-12-13/h1-5H. The topological polar surface area (TPSA) is 30.7 Å². The molecular weight excluding hydrogens is 253 g/mol. The first-order chi connectivity index (χ1) is 6.29. The summed E-state index contributed by atoms with van der Waals surface area (Å²) in [5.41, 5.74) is 0.880. The van der Waals surface area contributed by atoms with E-state index in [0.29, 0.717) is 5.15 Å². The minimum atomic E-state index is 0.493. The SMILES string of the molecule is Clc1cnnn1-c1ccccc1Br. The predicted molar refractivity (Wildman–Crippen MR) is 54.1 cm³/mol. The highest BCUT2D eigenvalue weighted by atomic mass is 79.9. The lowest BCUT2D eigenvalue weighted by Gasteiger charge is -2.02. The van der Waals surface area contributed by atoms with Gasteiger partial charge < -0.3 is 0 Å². The molecule has 0 radical (unpaired) electrons. The summed E-state index contributed by atoms with van der Waals surface area (Å²) in [6.45, 7) is 0. The maximum Gasteiger partial charge on any atom is 0.153 e. The molecule has 1 aromatic carbocycles. The van der Waals surface area contributed by atoms with Crippen LogP contribution in [0.2, 0.25) is 5.15 Å². The van der Waals surface area contributed by atoms with Crippen molar-refractivity contribution in [3.8, 4) is 5.69 Å². The largest absolute Gasteiger partial charge is 0.201 e. The molecule has 0 bridgehead atoms. The molecule has 0 spiro atoms. The molecule has 0 atom stereocenters. The molecule has 0 saturated heterocycles. The second-order valence-electron chi connectivity index (χ2n) is 2.42. The third kappa shape index (κ3) is 1.59. The number of aromatic nitrogens is 3. The van der Waals surface area contributed by atoms with Gasteiger partial charge in [-0.3, -0.25) is 0 Å². The van der Waals surface area contributed by atoms with Crippen LogP contribution in [0.1, 0.15) is 0 Å². The molecule has 0 unspecified atom stereocenters. The van der Waals surface area contributed by atoms with Crippen LogP contribution in [-0.4, -0.2) is 15.0 Å². The Morgan fingerprint density at radius 2 is 2.08 bits per heavy atom. The number of nitrogens with zero attached hydrogens (tertiary/aromatic N) is 3. The Kier molecular flexibility index (Phi) is 2.33. The molecule has 13 heavy (non-hydrogen) atoms. The lowest BCUT2D eigenvalue weighted by molar-refractivity contribution is 0.801. The summed E-state index contributed by atoms with van der Waals surface area (Å²) in [5.74, 6) is 0. The van der Waals surface area contributed by atoms with E-state index in [1.54, 1.807) is 4.68 Å². The molecule has 0 saturated carbocycles. The van der Waals surface area contributed by atoms with Crippen molar-refractivity contribution in [1.29, 1.82) is 0 Å². The van der Waals surface area contributed by atoms with E-state index in [2.05, 4.69) is 26.2 Å². The van der Waals surface area contributed by atoms with Crippen LogP contribution < -0.4 is 0 Å². The number of para-hydroxylation sites is 1. The van der Waals surface area contributed by atoms with Crippen molar-refractivity contribution in [3.05, 3.63) is 40.1 Å². The van der Waals surface area contributed by atoms with Crippen LogP contribution in [0.4, 0.5) is 0 Å². The fourth-order valence-electron chi connectivity index (χ4n) is 1.01. The predicted octanol–water partition coefficient (Wildman–Crippen LogP) is 2.68. The number of hydrogen-bond acceptors (Lipinski definition) is 2. The minimum absolute atomic E-state index is 0.493. The zero-order chi connectivity index (χ0) is 9.26. The molecule has 2 aromatic rings. The summed E-state index contributed by atoms with van der Waals surface area (Å²) >= 11 is 9.27. The summed E-state index contributed by atoms with van der Waals surface area (Å²) in [4.78, 5) is 0. The van der Waals surface area contributed by atoms with Gasteiger partial charge in [0.1, 0.15) is 0 Å². The summed E-state index contributed by atoms with van der Waals surface area (Å²) in [7, 11) is 0. The Labute approximate surface area is 88.5 Å². The monoisotopic (exact) mass is 257 g/mol. The highest BCUT2D eigenvalue weighted by Crippen LogP contribution is 2.22. The third-order valence-electron chi connectivity index (χ3n) is 1.59. The molecule has 3 nitrogen and oxygen atoms in total. The van der Waals surface area contributed by atoms with E-state index < -0.39 is 0 Å². The van der Waals surface area contributed by atoms with Crippen molar-refractivity contribution >= 4 is 27.5 Å². The van der Waals surface area contributed by atoms with Gasteiger partial charge in [-0.05, 0) is 28.1 Å². The van der Waals surface area contributed by atoms with Gasteiger partial charge in [-0.2, -0.15) is 0 Å². The van der Waals surface area contributed by atoms with Crippen LogP contribution in [0, 0.1) is 0 Å². The molecule has 0 aliphatic rings. The molecule has 0 N–H and O–H groups in total. The van der Waals surface area contributed by atoms with Gasteiger partial charge >= 0.3 is 0 Å². The second kappa shape index (κ2) is 3.47.